The summed E-state index contributed by atoms with van der Waals surface area (Å²) in [5.74, 6) is -0.533. The fraction of sp³-hybridized carbons (Fsp3) is 0.455. The first-order valence-electron chi connectivity index (χ1n) is 5.49. The van der Waals surface area contributed by atoms with Gasteiger partial charge in [-0.25, -0.2) is 12.8 Å². The Kier molecular flexibility index (Phi) is 3.46. The summed E-state index contributed by atoms with van der Waals surface area (Å²) in [7, 11) is -3.56. The second kappa shape index (κ2) is 4.72. The van der Waals surface area contributed by atoms with E-state index in [0.717, 1.165) is 6.07 Å². The van der Waals surface area contributed by atoms with Gasteiger partial charge in [-0.2, -0.15) is 4.31 Å². The molecule has 0 saturated carbocycles. The van der Waals surface area contributed by atoms with Gasteiger partial charge in [-0.15, -0.1) is 0 Å². The molecule has 0 aromatic heterocycles. The first-order chi connectivity index (χ1) is 8.00. The average Bonchev–Trinajstić information content (AvgIpc) is 2.29. The molecule has 2 rings (SSSR count). The molecule has 1 atom stereocenters. The summed E-state index contributed by atoms with van der Waals surface area (Å²) in [5.41, 5.74) is 0. The summed E-state index contributed by atoms with van der Waals surface area (Å²) in [6.07, 6.45) is 0. The zero-order chi connectivity index (χ0) is 12.5. The number of benzene rings is 1. The minimum atomic E-state index is -3.56. The lowest BCUT2D eigenvalue weighted by atomic mass is 10.3. The molecule has 0 amide bonds. The van der Waals surface area contributed by atoms with Crippen LogP contribution in [0.3, 0.4) is 0 Å². The highest BCUT2D eigenvalue weighted by molar-refractivity contribution is 7.89. The van der Waals surface area contributed by atoms with Gasteiger partial charge in [-0.1, -0.05) is 6.07 Å². The van der Waals surface area contributed by atoms with Gasteiger partial charge in [0, 0.05) is 25.7 Å². The number of hydrogen-bond donors (Lipinski definition) is 1. The van der Waals surface area contributed by atoms with E-state index < -0.39 is 15.8 Å². The molecule has 1 aliphatic rings. The Labute approximate surface area is 100 Å². The highest BCUT2D eigenvalue weighted by atomic mass is 32.2. The minimum Gasteiger partial charge on any atom is -0.312 e. The Hall–Kier alpha value is -0.980. The van der Waals surface area contributed by atoms with Gasteiger partial charge in [-0.3, -0.25) is 0 Å². The Morgan fingerprint density at radius 2 is 2.24 bits per heavy atom. The first-order valence-corrected chi connectivity index (χ1v) is 6.93. The van der Waals surface area contributed by atoms with E-state index in [9.17, 15) is 12.8 Å². The van der Waals surface area contributed by atoms with E-state index in [1.165, 1.54) is 22.5 Å². The smallest absolute Gasteiger partial charge is 0.243 e. The highest BCUT2D eigenvalue weighted by Crippen LogP contribution is 2.17. The van der Waals surface area contributed by atoms with Gasteiger partial charge in [0.15, 0.2) is 0 Å². The summed E-state index contributed by atoms with van der Waals surface area (Å²) in [5, 5.41) is 3.17. The lowest BCUT2D eigenvalue weighted by molar-refractivity contribution is 0.310. The highest BCUT2D eigenvalue weighted by Gasteiger charge is 2.28. The summed E-state index contributed by atoms with van der Waals surface area (Å²) in [6, 6.07) is 5.24. The molecule has 0 aliphatic carbocycles. The van der Waals surface area contributed by atoms with Crippen molar-refractivity contribution in [2.24, 2.45) is 0 Å². The Balaban J connectivity index is 2.29. The molecule has 6 heteroatoms. The van der Waals surface area contributed by atoms with E-state index in [4.69, 9.17) is 0 Å². The van der Waals surface area contributed by atoms with Crippen molar-refractivity contribution < 1.29 is 12.8 Å². The van der Waals surface area contributed by atoms with Crippen molar-refractivity contribution in [1.29, 1.82) is 0 Å². The molecule has 94 valence electrons. The normalized spacial score (nSPS) is 22.6. The van der Waals surface area contributed by atoms with Gasteiger partial charge >= 0.3 is 0 Å². The van der Waals surface area contributed by atoms with Crippen LogP contribution in [0.25, 0.3) is 0 Å². The Morgan fingerprint density at radius 3 is 2.88 bits per heavy atom. The molecule has 0 radical (unpaired) electrons. The Morgan fingerprint density at radius 1 is 1.47 bits per heavy atom. The van der Waals surface area contributed by atoms with Crippen LogP contribution in [0.1, 0.15) is 6.92 Å². The van der Waals surface area contributed by atoms with Crippen LogP contribution in [0, 0.1) is 5.82 Å². The maximum Gasteiger partial charge on any atom is 0.243 e. The van der Waals surface area contributed by atoms with Crippen molar-refractivity contribution in [3.8, 4) is 0 Å². The summed E-state index contributed by atoms with van der Waals surface area (Å²) in [6.45, 7) is 3.38. The van der Waals surface area contributed by atoms with E-state index in [-0.39, 0.29) is 10.9 Å². The predicted molar refractivity (Wildman–Crippen MR) is 62.6 cm³/mol. The standard InChI is InChI=1S/C11H15FN2O2S/c1-9-8-14(6-5-13-9)17(15,16)11-4-2-3-10(12)7-11/h2-4,7,9,13H,5-6,8H2,1H3/t9-/m0/s1. The molecule has 1 aromatic carbocycles. The van der Waals surface area contributed by atoms with Gasteiger partial charge < -0.3 is 5.32 Å². The summed E-state index contributed by atoms with van der Waals surface area (Å²) < 4.78 is 38.9. The Bertz CT molecular complexity index is 504. The van der Waals surface area contributed by atoms with Gasteiger partial charge in [0.2, 0.25) is 10.0 Å². The predicted octanol–water partition coefficient (Wildman–Crippen LogP) is 0.808. The zero-order valence-electron chi connectivity index (χ0n) is 9.56. The van der Waals surface area contributed by atoms with Crippen LogP contribution >= 0.6 is 0 Å². The largest absolute Gasteiger partial charge is 0.312 e. The van der Waals surface area contributed by atoms with Gasteiger partial charge in [0.25, 0.3) is 0 Å². The quantitative estimate of drug-likeness (QED) is 0.854. The van der Waals surface area contributed by atoms with Gasteiger partial charge in [0.1, 0.15) is 5.82 Å². The van der Waals surface area contributed by atoms with Crippen LogP contribution in [0.5, 0.6) is 0 Å². The second-order valence-corrected chi connectivity index (χ2v) is 6.11. The van der Waals surface area contributed by atoms with E-state index in [1.807, 2.05) is 6.92 Å². The number of nitrogens with one attached hydrogen (secondary N) is 1. The van der Waals surface area contributed by atoms with Gasteiger partial charge in [-0.05, 0) is 25.1 Å². The average molecular weight is 258 g/mol. The maximum absolute atomic E-state index is 13.0. The molecule has 0 unspecified atom stereocenters. The molecule has 0 spiro atoms. The molecular weight excluding hydrogens is 243 g/mol. The number of hydrogen-bond acceptors (Lipinski definition) is 3. The summed E-state index contributed by atoms with van der Waals surface area (Å²) >= 11 is 0. The van der Waals surface area contributed by atoms with Crippen molar-refractivity contribution in [3.05, 3.63) is 30.1 Å². The number of nitrogens with zero attached hydrogens (tertiary/aromatic N) is 1. The molecular formula is C11H15FN2O2S. The fourth-order valence-corrected chi connectivity index (χ4v) is 3.45. The molecule has 1 aliphatic heterocycles. The van der Waals surface area contributed by atoms with Crippen molar-refractivity contribution in [2.75, 3.05) is 19.6 Å². The monoisotopic (exact) mass is 258 g/mol. The maximum atomic E-state index is 13.0. The molecule has 1 aromatic rings. The van der Waals surface area contributed by atoms with E-state index in [0.29, 0.717) is 19.6 Å². The number of rotatable bonds is 2. The van der Waals surface area contributed by atoms with Crippen LogP contribution in [0.4, 0.5) is 4.39 Å². The van der Waals surface area contributed by atoms with E-state index >= 15 is 0 Å². The van der Waals surface area contributed by atoms with Crippen molar-refractivity contribution in [1.82, 2.24) is 9.62 Å². The molecule has 1 N–H and O–H groups in total. The third kappa shape index (κ3) is 2.65. The molecule has 1 fully saturated rings. The first kappa shape index (κ1) is 12.5. The summed E-state index contributed by atoms with van der Waals surface area (Å²) in [4.78, 5) is 0.0200. The number of halogens is 1. The fourth-order valence-electron chi connectivity index (χ4n) is 1.89. The minimum absolute atomic E-state index is 0.0200. The number of piperazine rings is 1. The molecule has 1 heterocycles. The SMILES string of the molecule is C[C@H]1CN(S(=O)(=O)c2cccc(F)c2)CCN1. The lowest BCUT2D eigenvalue weighted by Crippen LogP contribution is -2.51. The van der Waals surface area contributed by atoms with E-state index in [2.05, 4.69) is 5.32 Å². The zero-order valence-corrected chi connectivity index (χ0v) is 10.4. The molecule has 1 saturated heterocycles. The van der Waals surface area contributed by atoms with Crippen molar-refractivity contribution in [2.45, 2.75) is 17.9 Å². The van der Waals surface area contributed by atoms with Crippen LogP contribution in [0.15, 0.2) is 29.2 Å². The number of sulfonamides is 1. The van der Waals surface area contributed by atoms with E-state index in [1.54, 1.807) is 0 Å². The molecule has 17 heavy (non-hydrogen) atoms. The van der Waals surface area contributed by atoms with Crippen LogP contribution < -0.4 is 5.32 Å². The third-order valence-corrected chi connectivity index (χ3v) is 4.63. The van der Waals surface area contributed by atoms with Crippen LogP contribution in [-0.4, -0.2) is 38.4 Å². The lowest BCUT2D eigenvalue weighted by Gasteiger charge is -2.30. The van der Waals surface area contributed by atoms with Crippen LogP contribution in [0.2, 0.25) is 0 Å². The van der Waals surface area contributed by atoms with Gasteiger partial charge in [0.05, 0.1) is 4.90 Å². The van der Waals surface area contributed by atoms with Crippen molar-refractivity contribution >= 4 is 10.0 Å². The molecule has 4 nitrogen and oxygen atoms in total. The van der Waals surface area contributed by atoms with Crippen LogP contribution in [-0.2, 0) is 10.0 Å². The molecule has 0 bridgehead atoms. The second-order valence-electron chi connectivity index (χ2n) is 4.18. The topological polar surface area (TPSA) is 49.4 Å². The third-order valence-electron chi connectivity index (χ3n) is 2.77. The van der Waals surface area contributed by atoms with Crippen molar-refractivity contribution in [3.63, 3.8) is 0 Å².